The van der Waals surface area contributed by atoms with E-state index < -0.39 is 0 Å². The Balaban J connectivity index is 1.48. The number of piperidine rings is 1. The van der Waals surface area contributed by atoms with E-state index in [0.717, 1.165) is 30.2 Å². The molecule has 3 fully saturated rings. The third-order valence-electron chi connectivity index (χ3n) is 5.47. The third kappa shape index (κ3) is 2.78. The number of ether oxygens (including phenoxy) is 1. The molecular formula is C17H21Cl2NO. The minimum absolute atomic E-state index is 0.537. The number of halogens is 2. The van der Waals surface area contributed by atoms with Crippen LogP contribution in [0.3, 0.4) is 0 Å². The first-order chi connectivity index (χ1) is 10.2. The molecule has 0 radical (unpaired) electrons. The van der Waals surface area contributed by atoms with Gasteiger partial charge >= 0.3 is 0 Å². The van der Waals surface area contributed by atoms with E-state index in [1.807, 2.05) is 12.1 Å². The summed E-state index contributed by atoms with van der Waals surface area (Å²) in [6, 6.07) is 6.99. The summed E-state index contributed by atoms with van der Waals surface area (Å²) in [5, 5.41) is 4.88. The van der Waals surface area contributed by atoms with Crippen LogP contribution in [0.1, 0.15) is 32.1 Å². The zero-order valence-electron chi connectivity index (χ0n) is 12.0. The standard InChI is InChI=1S/C17H21Cl2NO/c18-14-2-1-3-16(17(14)19)21-9-13-12(10-4-5-10)8-11-6-7-15(13)20-11/h1-3,10-13,15,20H,4-9H2/t11?,12-,13-,15?/m0/s1. The lowest BCUT2D eigenvalue weighted by molar-refractivity contribution is 0.109. The van der Waals surface area contributed by atoms with Gasteiger partial charge in [0.1, 0.15) is 10.8 Å². The lowest BCUT2D eigenvalue weighted by Crippen LogP contribution is -2.48. The van der Waals surface area contributed by atoms with Crippen molar-refractivity contribution < 1.29 is 4.74 Å². The summed E-state index contributed by atoms with van der Waals surface area (Å²) in [6.07, 6.45) is 6.79. The van der Waals surface area contributed by atoms with Gasteiger partial charge in [0.2, 0.25) is 0 Å². The average Bonchev–Trinajstić information content (AvgIpc) is 3.25. The summed E-state index contributed by atoms with van der Waals surface area (Å²) in [5.74, 6) is 3.12. The van der Waals surface area contributed by atoms with Gasteiger partial charge < -0.3 is 10.1 Å². The van der Waals surface area contributed by atoms with E-state index in [9.17, 15) is 0 Å². The highest BCUT2D eigenvalue weighted by molar-refractivity contribution is 6.42. The quantitative estimate of drug-likeness (QED) is 0.877. The van der Waals surface area contributed by atoms with Crippen molar-refractivity contribution in [2.75, 3.05) is 6.61 Å². The van der Waals surface area contributed by atoms with Crippen molar-refractivity contribution in [3.05, 3.63) is 28.2 Å². The summed E-state index contributed by atoms with van der Waals surface area (Å²) in [4.78, 5) is 0. The predicted octanol–water partition coefficient (Wildman–Crippen LogP) is 4.54. The van der Waals surface area contributed by atoms with Gasteiger partial charge in [-0.15, -0.1) is 0 Å². The van der Waals surface area contributed by atoms with Crippen molar-refractivity contribution in [2.24, 2.45) is 17.8 Å². The molecule has 0 aromatic heterocycles. The van der Waals surface area contributed by atoms with Crippen molar-refractivity contribution in [1.29, 1.82) is 0 Å². The van der Waals surface area contributed by atoms with Gasteiger partial charge in [0.25, 0.3) is 0 Å². The molecule has 3 aliphatic rings. The molecule has 0 amide bonds. The molecule has 2 aliphatic heterocycles. The first kappa shape index (κ1) is 14.2. The number of benzene rings is 1. The highest BCUT2D eigenvalue weighted by Crippen LogP contribution is 2.48. The summed E-state index contributed by atoms with van der Waals surface area (Å²) in [6.45, 7) is 0.756. The predicted molar refractivity (Wildman–Crippen MR) is 86.2 cm³/mol. The first-order valence-corrected chi connectivity index (χ1v) is 8.81. The number of rotatable bonds is 4. The van der Waals surface area contributed by atoms with Crippen LogP contribution in [0.5, 0.6) is 5.75 Å². The van der Waals surface area contributed by atoms with Crippen molar-refractivity contribution in [2.45, 2.75) is 44.2 Å². The second-order valence-electron chi connectivity index (χ2n) is 6.81. The number of hydrogen-bond acceptors (Lipinski definition) is 2. The van der Waals surface area contributed by atoms with Crippen LogP contribution in [-0.2, 0) is 0 Å². The maximum absolute atomic E-state index is 6.23. The summed E-state index contributed by atoms with van der Waals surface area (Å²) in [5.41, 5.74) is 0. The van der Waals surface area contributed by atoms with E-state index in [1.165, 1.54) is 32.1 Å². The molecule has 4 heteroatoms. The van der Waals surface area contributed by atoms with Crippen molar-refractivity contribution >= 4 is 23.2 Å². The molecule has 1 aliphatic carbocycles. The Labute approximate surface area is 136 Å². The normalized spacial score (nSPS) is 35.0. The van der Waals surface area contributed by atoms with Crippen molar-refractivity contribution in [3.63, 3.8) is 0 Å². The molecule has 114 valence electrons. The highest BCUT2D eigenvalue weighted by atomic mass is 35.5. The molecule has 1 N–H and O–H groups in total. The molecule has 2 heterocycles. The van der Waals surface area contributed by atoms with Crippen molar-refractivity contribution in [1.82, 2.24) is 5.32 Å². The van der Waals surface area contributed by atoms with Gasteiger partial charge in [0.05, 0.1) is 11.6 Å². The molecule has 2 unspecified atom stereocenters. The second-order valence-corrected chi connectivity index (χ2v) is 7.60. The fourth-order valence-electron chi connectivity index (χ4n) is 4.26. The third-order valence-corrected chi connectivity index (χ3v) is 6.28. The minimum Gasteiger partial charge on any atom is -0.492 e. The lowest BCUT2D eigenvalue weighted by Gasteiger charge is -2.37. The molecule has 1 aromatic carbocycles. The molecular weight excluding hydrogens is 305 g/mol. The van der Waals surface area contributed by atoms with Crippen LogP contribution in [0.25, 0.3) is 0 Å². The Bertz CT molecular complexity index is 532. The van der Waals surface area contributed by atoms with Gasteiger partial charge in [0, 0.05) is 18.0 Å². The molecule has 1 saturated carbocycles. The zero-order valence-corrected chi connectivity index (χ0v) is 13.5. The fraction of sp³-hybridized carbons (Fsp3) is 0.647. The van der Waals surface area contributed by atoms with E-state index in [-0.39, 0.29) is 0 Å². The molecule has 2 bridgehead atoms. The fourth-order valence-corrected chi connectivity index (χ4v) is 4.61. The van der Waals surface area contributed by atoms with Gasteiger partial charge in [-0.05, 0) is 56.1 Å². The van der Waals surface area contributed by atoms with E-state index in [4.69, 9.17) is 27.9 Å². The highest BCUT2D eigenvalue weighted by Gasteiger charge is 2.47. The van der Waals surface area contributed by atoms with Gasteiger partial charge in [-0.2, -0.15) is 0 Å². The molecule has 0 spiro atoms. The van der Waals surface area contributed by atoms with E-state index in [0.29, 0.717) is 22.0 Å². The smallest absolute Gasteiger partial charge is 0.139 e. The van der Waals surface area contributed by atoms with Crippen LogP contribution in [0.2, 0.25) is 10.0 Å². The topological polar surface area (TPSA) is 21.3 Å². The lowest BCUT2D eigenvalue weighted by atomic mass is 9.78. The second kappa shape index (κ2) is 5.64. The first-order valence-electron chi connectivity index (χ1n) is 8.05. The van der Waals surface area contributed by atoms with E-state index in [2.05, 4.69) is 5.32 Å². The molecule has 2 nitrogen and oxygen atoms in total. The summed E-state index contributed by atoms with van der Waals surface area (Å²) < 4.78 is 6.06. The van der Waals surface area contributed by atoms with Crippen LogP contribution in [0, 0.1) is 17.8 Å². The zero-order chi connectivity index (χ0) is 14.4. The molecule has 4 atom stereocenters. The van der Waals surface area contributed by atoms with Crippen LogP contribution in [-0.4, -0.2) is 18.7 Å². The molecule has 4 rings (SSSR count). The molecule has 1 aromatic rings. The maximum Gasteiger partial charge on any atom is 0.139 e. The van der Waals surface area contributed by atoms with Gasteiger partial charge in [0.15, 0.2) is 0 Å². The average molecular weight is 326 g/mol. The maximum atomic E-state index is 6.23. The number of nitrogens with one attached hydrogen (secondary N) is 1. The number of hydrogen-bond donors (Lipinski definition) is 1. The minimum atomic E-state index is 0.537. The van der Waals surface area contributed by atoms with Gasteiger partial charge in [-0.1, -0.05) is 29.3 Å². The Hall–Kier alpha value is -0.440. The van der Waals surface area contributed by atoms with Crippen LogP contribution in [0.4, 0.5) is 0 Å². The Kier molecular flexibility index (Phi) is 3.81. The molecule has 2 saturated heterocycles. The number of fused-ring (bicyclic) bond motifs is 2. The Morgan fingerprint density at radius 2 is 2.00 bits per heavy atom. The monoisotopic (exact) mass is 325 g/mol. The Morgan fingerprint density at radius 3 is 2.81 bits per heavy atom. The summed E-state index contributed by atoms with van der Waals surface area (Å²) in [7, 11) is 0. The van der Waals surface area contributed by atoms with Crippen molar-refractivity contribution in [3.8, 4) is 5.75 Å². The SMILES string of the molecule is Clc1cccc(OC[C@@H]2C3CCC(C[C@H]2C2CC2)N3)c1Cl. The van der Waals surface area contributed by atoms with Crippen LogP contribution >= 0.6 is 23.2 Å². The largest absolute Gasteiger partial charge is 0.492 e. The van der Waals surface area contributed by atoms with Gasteiger partial charge in [-0.3, -0.25) is 0 Å². The summed E-state index contributed by atoms with van der Waals surface area (Å²) >= 11 is 12.3. The molecule has 21 heavy (non-hydrogen) atoms. The Morgan fingerprint density at radius 1 is 1.14 bits per heavy atom. The van der Waals surface area contributed by atoms with E-state index in [1.54, 1.807) is 6.07 Å². The van der Waals surface area contributed by atoms with Gasteiger partial charge in [-0.25, -0.2) is 0 Å². The van der Waals surface area contributed by atoms with Crippen LogP contribution in [0.15, 0.2) is 18.2 Å². The van der Waals surface area contributed by atoms with E-state index >= 15 is 0 Å². The van der Waals surface area contributed by atoms with Crippen LogP contribution < -0.4 is 10.1 Å².